The molecule has 3 aromatic rings. The lowest BCUT2D eigenvalue weighted by atomic mass is 9.81. The van der Waals surface area contributed by atoms with Crippen molar-refractivity contribution in [3.8, 4) is 0 Å². The summed E-state index contributed by atoms with van der Waals surface area (Å²) in [5.74, 6) is -5.82. The molecule has 5 amide bonds. The van der Waals surface area contributed by atoms with Crippen molar-refractivity contribution in [2.45, 2.75) is 82.8 Å². The Hall–Kier alpha value is -4.95. The molecule has 0 bridgehead atoms. The van der Waals surface area contributed by atoms with Gasteiger partial charge in [-0.05, 0) is 72.2 Å². The van der Waals surface area contributed by atoms with Crippen LogP contribution in [0.5, 0.6) is 0 Å². The van der Waals surface area contributed by atoms with Crippen LogP contribution >= 0.6 is 0 Å². The van der Waals surface area contributed by atoms with Gasteiger partial charge in [0, 0.05) is 37.9 Å². The van der Waals surface area contributed by atoms with E-state index in [4.69, 9.17) is 0 Å². The minimum atomic E-state index is -2.85. The summed E-state index contributed by atoms with van der Waals surface area (Å²) in [5.41, 5.74) is 0.473. The average molecular weight is 682 g/mol. The molecule has 1 aromatic heterocycles. The average Bonchev–Trinajstić information content (AvgIpc) is 3.77. The van der Waals surface area contributed by atoms with Gasteiger partial charge in [-0.2, -0.15) is 0 Å². The number of para-hydroxylation sites is 1. The Morgan fingerprint density at radius 2 is 1.73 bits per heavy atom. The molecule has 4 N–H and O–H groups in total. The van der Waals surface area contributed by atoms with Crippen LogP contribution in [0.25, 0.3) is 0 Å². The van der Waals surface area contributed by atoms with Crippen molar-refractivity contribution in [3.05, 3.63) is 70.8 Å². The second-order valence-electron chi connectivity index (χ2n) is 13.5. The van der Waals surface area contributed by atoms with Crippen LogP contribution < -0.4 is 21.3 Å². The molecule has 12 nitrogen and oxygen atoms in total. The standard InChI is InChI=1S/C34H38F3N7O5/c1-18(2)26-17-44(32(48)40-26)33(31(47)39-25-7-5-4-6-24(25)35)15-21-8-9-23(14-22(21)16-33)38-30(46)28(20-10-12-34(36,37)13-11-20)41-29(45)27-19(3)42-49-43-27/h4-9,14,18,20,26,28H,10-13,15-17H2,1-3H3,(H,38,46)(H,39,47)(H,40,48)(H,41,45)/t26-,28-,33?/m0/s1. The van der Waals surface area contributed by atoms with Crippen LogP contribution in [0.1, 0.15) is 66.8 Å². The van der Waals surface area contributed by atoms with Crippen molar-refractivity contribution >= 4 is 35.1 Å². The summed E-state index contributed by atoms with van der Waals surface area (Å²) in [6.45, 7) is 5.72. The predicted molar refractivity (Wildman–Crippen MR) is 171 cm³/mol. The second-order valence-corrected chi connectivity index (χ2v) is 13.5. The van der Waals surface area contributed by atoms with Gasteiger partial charge in [-0.25, -0.2) is 22.6 Å². The first kappa shape index (κ1) is 33.9. The van der Waals surface area contributed by atoms with E-state index in [2.05, 4.69) is 36.2 Å². The molecule has 1 saturated carbocycles. The van der Waals surface area contributed by atoms with Gasteiger partial charge in [0.1, 0.15) is 23.1 Å². The third kappa shape index (κ3) is 6.83. The number of fused-ring (bicyclic) bond motifs is 1. The number of benzene rings is 2. The van der Waals surface area contributed by atoms with E-state index in [9.17, 15) is 32.3 Å². The number of amides is 5. The monoisotopic (exact) mass is 681 g/mol. The molecule has 2 aromatic carbocycles. The van der Waals surface area contributed by atoms with Gasteiger partial charge in [0.25, 0.3) is 11.8 Å². The fourth-order valence-electron chi connectivity index (χ4n) is 6.98. The number of hydrogen-bond donors (Lipinski definition) is 4. The molecule has 1 saturated heterocycles. The Balaban J connectivity index is 1.26. The predicted octanol–water partition coefficient (Wildman–Crippen LogP) is 4.61. The van der Waals surface area contributed by atoms with E-state index in [0.29, 0.717) is 11.3 Å². The number of urea groups is 1. The number of carbonyl (C=O) groups excluding carboxylic acids is 4. The highest BCUT2D eigenvalue weighted by atomic mass is 19.3. The molecule has 49 heavy (non-hydrogen) atoms. The van der Waals surface area contributed by atoms with E-state index in [1.54, 1.807) is 24.3 Å². The first-order valence-corrected chi connectivity index (χ1v) is 16.3. The number of halogens is 3. The van der Waals surface area contributed by atoms with Gasteiger partial charge in [0.2, 0.25) is 11.8 Å². The zero-order chi connectivity index (χ0) is 35.1. The molecular weight excluding hydrogens is 643 g/mol. The van der Waals surface area contributed by atoms with Crippen molar-refractivity contribution < 1.29 is 37.0 Å². The minimum absolute atomic E-state index is 0.0130. The Kier molecular flexibility index (Phi) is 9.11. The lowest BCUT2D eigenvalue weighted by Crippen LogP contribution is -2.59. The molecule has 2 aliphatic carbocycles. The van der Waals surface area contributed by atoms with Crippen LogP contribution in [-0.2, 0) is 22.4 Å². The third-order valence-electron chi connectivity index (χ3n) is 9.91. The first-order chi connectivity index (χ1) is 23.3. The van der Waals surface area contributed by atoms with Crippen LogP contribution in [-0.4, -0.2) is 69.1 Å². The molecule has 3 aliphatic rings. The largest absolute Gasteiger partial charge is 0.338 e. The van der Waals surface area contributed by atoms with Gasteiger partial charge >= 0.3 is 6.03 Å². The normalized spacial score (nSPS) is 22.4. The lowest BCUT2D eigenvalue weighted by molar-refractivity contribution is -0.125. The van der Waals surface area contributed by atoms with Gasteiger partial charge in [0.15, 0.2) is 5.69 Å². The van der Waals surface area contributed by atoms with E-state index in [0.717, 1.165) is 5.56 Å². The van der Waals surface area contributed by atoms with Crippen molar-refractivity contribution in [1.82, 2.24) is 25.8 Å². The Morgan fingerprint density at radius 1 is 1.02 bits per heavy atom. The number of aryl methyl sites for hydroxylation is 1. The van der Waals surface area contributed by atoms with Gasteiger partial charge in [0.05, 0.1) is 11.7 Å². The zero-order valence-corrected chi connectivity index (χ0v) is 27.3. The fourth-order valence-corrected chi connectivity index (χ4v) is 6.98. The molecule has 260 valence electrons. The smallest absolute Gasteiger partial charge is 0.318 e. The maximum absolute atomic E-state index is 14.6. The SMILES string of the molecule is Cc1nonc1C(=O)N[C@H](C(=O)Nc1ccc2c(c1)CC(C(=O)Nc1ccccc1F)(N1C[C@@H](C(C)C)NC1=O)C2)C1CCC(F)(F)CC1. The molecule has 2 fully saturated rings. The van der Waals surface area contributed by atoms with Crippen LogP contribution in [0.4, 0.5) is 29.3 Å². The number of nitrogens with zero attached hydrogens (tertiary/aromatic N) is 3. The van der Waals surface area contributed by atoms with E-state index in [-0.39, 0.29) is 61.3 Å². The summed E-state index contributed by atoms with van der Waals surface area (Å²) < 4.78 is 47.3. The minimum Gasteiger partial charge on any atom is -0.338 e. The van der Waals surface area contributed by atoms with Gasteiger partial charge in [-0.1, -0.05) is 37.2 Å². The summed E-state index contributed by atoms with van der Waals surface area (Å²) in [4.78, 5) is 55.7. The maximum atomic E-state index is 14.6. The number of anilines is 2. The number of carbonyl (C=O) groups is 4. The maximum Gasteiger partial charge on any atom is 0.318 e. The van der Waals surface area contributed by atoms with E-state index in [1.807, 2.05) is 13.8 Å². The molecule has 2 heterocycles. The van der Waals surface area contributed by atoms with Crippen molar-refractivity contribution in [2.75, 3.05) is 17.2 Å². The molecule has 1 unspecified atom stereocenters. The summed E-state index contributed by atoms with van der Waals surface area (Å²) in [6, 6.07) is 9.09. The van der Waals surface area contributed by atoms with E-state index < -0.39 is 65.8 Å². The molecule has 0 radical (unpaired) electrons. The van der Waals surface area contributed by atoms with Crippen LogP contribution in [0.3, 0.4) is 0 Å². The number of rotatable bonds is 9. The summed E-state index contributed by atoms with van der Waals surface area (Å²) >= 11 is 0. The highest BCUT2D eigenvalue weighted by Crippen LogP contribution is 2.40. The quantitative estimate of drug-likeness (QED) is 0.257. The molecule has 15 heteroatoms. The summed E-state index contributed by atoms with van der Waals surface area (Å²) in [7, 11) is 0. The highest BCUT2D eigenvalue weighted by molar-refractivity contribution is 6.03. The van der Waals surface area contributed by atoms with Crippen molar-refractivity contribution in [2.24, 2.45) is 11.8 Å². The zero-order valence-electron chi connectivity index (χ0n) is 27.3. The number of alkyl halides is 2. The lowest BCUT2D eigenvalue weighted by Gasteiger charge is -2.36. The van der Waals surface area contributed by atoms with Crippen LogP contribution in [0.15, 0.2) is 47.1 Å². The Bertz CT molecular complexity index is 1770. The third-order valence-corrected chi connectivity index (χ3v) is 9.91. The fraction of sp³-hybridized carbons (Fsp3) is 0.471. The second kappa shape index (κ2) is 13.2. The molecule has 6 rings (SSSR count). The van der Waals surface area contributed by atoms with Crippen molar-refractivity contribution in [3.63, 3.8) is 0 Å². The van der Waals surface area contributed by atoms with E-state index >= 15 is 0 Å². The van der Waals surface area contributed by atoms with Gasteiger partial charge < -0.3 is 26.2 Å². The number of nitrogens with one attached hydrogen (secondary N) is 4. The molecule has 0 spiro atoms. The summed E-state index contributed by atoms with van der Waals surface area (Å²) in [5, 5.41) is 18.3. The molecule has 3 atom stereocenters. The highest BCUT2D eigenvalue weighted by Gasteiger charge is 2.53. The van der Waals surface area contributed by atoms with E-state index in [1.165, 1.54) is 30.0 Å². The van der Waals surface area contributed by atoms with Crippen molar-refractivity contribution in [1.29, 1.82) is 0 Å². The summed E-state index contributed by atoms with van der Waals surface area (Å²) in [6.07, 6.45) is -0.573. The molecule has 1 aliphatic heterocycles. The van der Waals surface area contributed by atoms with Gasteiger partial charge in [-0.3, -0.25) is 14.4 Å². The number of aromatic nitrogens is 2. The first-order valence-electron chi connectivity index (χ1n) is 16.3. The Labute approximate surface area is 280 Å². The topological polar surface area (TPSA) is 159 Å². The van der Waals surface area contributed by atoms with Crippen LogP contribution in [0, 0.1) is 24.6 Å². The van der Waals surface area contributed by atoms with Crippen LogP contribution in [0.2, 0.25) is 0 Å². The molecular formula is C34H38F3N7O5. The number of hydrogen-bond acceptors (Lipinski definition) is 7. The van der Waals surface area contributed by atoms with Gasteiger partial charge in [-0.15, -0.1) is 0 Å². The Morgan fingerprint density at radius 3 is 2.39 bits per heavy atom.